The van der Waals surface area contributed by atoms with Crippen molar-refractivity contribution >= 4 is 26.9 Å². The van der Waals surface area contributed by atoms with Crippen molar-refractivity contribution in [3.05, 3.63) is 104 Å². The number of rotatable bonds is 2. The third kappa shape index (κ3) is 3.04. The fraction of sp³-hybridized carbons (Fsp3) is 0.0400. The van der Waals surface area contributed by atoms with Gasteiger partial charge in [0, 0.05) is 22.2 Å². The van der Waals surface area contributed by atoms with Gasteiger partial charge < -0.3 is 20.0 Å². The van der Waals surface area contributed by atoms with E-state index in [1.54, 1.807) is 0 Å². The molecule has 156 valence electrons. The van der Waals surface area contributed by atoms with Gasteiger partial charge in [0.25, 0.3) is 0 Å². The molecule has 0 saturated heterocycles. The Kier molecular flexibility index (Phi) is 4.72. The number of hydrogen-bond acceptors (Lipinski definition) is 6. The molecule has 1 aromatic heterocycles. The molecule has 0 radical (unpaired) electrons. The zero-order chi connectivity index (χ0) is 22.4. The first-order chi connectivity index (χ1) is 15.5. The number of hydrogen-bond donors (Lipinski definition) is 2. The normalized spacial score (nSPS) is 15.2. The highest BCUT2D eigenvalue weighted by atomic mass is 79.9. The number of phenols is 1. The minimum Gasteiger partial charge on any atom is -0.507 e. The van der Waals surface area contributed by atoms with Crippen LogP contribution >= 0.6 is 15.9 Å². The highest BCUT2D eigenvalue weighted by Gasteiger charge is 2.36. The van der Waals surface area contributed by atoms with Gasteiger partial charge in [-0.1, -0.05) is 64.5 Å². The van der Waals surface area contributed by atoms with Crippen LogP contribution in [0.15, 0.2) is 91.9 Å². The molecule has 7 heteroatoms. The zero-order valence-corrected chi connectivity index (χ0v) is 18.1. The first-order valence-corrected chi connectivity index (χ1v) is 10.5. The SMILES string of the molecule is N#CC1=C(N)Oc2cc3oc(-c4ccccc4)cc(=O)c3c(O)c2C1c1ccccc1Br. The number of aromatic hydroxyl groups is 1. The summed E-state index contributed by atoms with van der Waals surface area (Å²) in [7, 11) is 0. The number of halogens is 1. The van der Waals surface area contributed by atoms with Crippen molar-refractivity contribution in [2.45, 2.75) is 5.92 Å². The number of phenolic OH excluding ortho intramolecular Hbond substituents is 1. The second kappa shape index (κ2) is 7.59. The Morgan fingerprint density at radius 3 is 2.50 bits per heavy atom. The highest BCUT2D eigenvalue weighted by Crippen LogP contribution is 2.50. The van der Waals surface area contributed by atoms with Gasteiger partial charge in [0.15, 0.2) is 5.43 Å². The van der Waals surface area contributed by atoms with Crippen molar-refractivity contribution in [1.82, 2.24) is 0 Å². The molecule has 1 aliphatic heterocycles. The Balaban J connectivity index is 1.82. The van der Waals surface area contributed by atoms with Crippen LogP contribution in [0.3, 0.4) is 0 Å². The van der Waals surface area contributed by atoms with E-state index in [1.807, 2.05) is 54.6 Å². The van der Waals surface area contributed by atoms with Gasteiger partial charge in [0.05, 0.1) is 11.5 Å². The first-order valence-electron chi connectivity index (χ1n) is 9.70. The summed E-state index contributed by atoms with van der Waals surface area (Å²) in [5.74, 6) is -0.507. The van der Waals surface area contributed by atoms with Gasteiger partial charge in [-0.25, -0.2) is 0 Å². The molecule has 1 atom stereocenters. The van der Waals surface area contributed by atoms with Gasteiger partial charge in [-0.3, -0.25) is 4.79 Å². The minimum atomic E-state index is -0.725. The summed E-state index contributed by atoms with van der Waals surface area (Å²) in [5.41, 5.74) is 7.69. The van der Waals surface area contributed by atoms with Crippen LogP contribution in [0.25, 0.3) is 22.3 Å². The van der Waals surface area contributed by atoms with Gasteiger partial charge in [-0.2, -0.15) is 5.26 Å². The van der Waals surface area contributed by atoms with E-state index in [0.717, 1.165) is 10.0 Å². The molecular formula is C25H15BrN2O4. The van der Waals surface area contributed by atoms with Crippen molar-refractivity contribution in [3.8, 4) is 28.9 Å². The maximum absolute atomic E-state index is 13.0. The number of fused-ring (bicyclic) bond motifs is 2. The monoisotopic (exact) mass is 486 g/mol. The van der Waals surface area contributed by atoms with E-state index in [1.165, 1.54) is 12.1 Å². The Morgan fingerprint density at radius 1 is 1.06 bits per heavy atom. The lowest BCUT2D eigenvalue weighted by molar-refractivity contribution is 0.383. The van der Waals surface area contributed by atoms with Crippen molar-refractivity contribution in [2.24, 2.45) is 5.73 Å². The standard InChI is InChI=1S/C25H15BrN2O4/c26-16-9-5-4-8-14(16)21-15(12-27)25(28)32-20-11-19-22(24(30)23(20)21)17(29)10-18(31-19)13-6-2-1-3-7-13/h1-11,21,30H,28H2. The molecule has 6 nitrogen and oxygen atoms in total. The summed E-state index contributed by atoms with van der Waals surface area (Å²) < 4.78 is 12.4. The quantitative estimate of drug-likeness (QED) is 0.405. The van der Waals surface area contributed by atoms with Crippen LogP contribution in [0, 0.1) is 11.3 Å². The Labute approximate surface area is 190 Å². The smallest absolute Gasteiger partial charge is 0.205 e. The van der Waals surface area contributed by atoms with Crippen LogP contribution in [0.2, 0.25) is 0 Å². The van der Waals surface area contributed by atoms with Crippen LogP contribution in [-0.4, -0.2) is 5.11 Å². The molecule has 32 heavy (non-hydrogen) atoms. The second-order valence-electron chi connectivity index (χ2n) is 7.30. The molecule has 3 N–H and O–H groups in total. The lowest BCUT2D eigenvalue weighted by atomic mass is 9.82. The van der Waals surface area contributed by atoms with E-state index in [9.17, 15) is 15.2 Å². The predicted molar refractivity (Wildman–Crippen MR) is 123 cm³/mol. The molecule has 3 aromatic carbocycles. The fourth-order valence-electron chi connectivity index (χ4n) is 4.00. The summed E-state index contributed by atoms with van der Waals surface area (Å²) in [6.45, 7) is 0. The number of ether oxygens (including phenoxy) is 1. The van der Waals surface area contributed by atoms with Gasteiger partial charge in [-0.05, 0) is 11.6 Å². The molecule has 0 spiro atoms. The molecular weight excluding hydrogens is 472 g/mol. The van der Waals surface area contributed by atoms with E-state index >= 15 is 0 Å². The predicted octanol–water partition coefficient (Wildman–Crippen LogP) is 5.15. The van der Waals surface area contributed by atoms with E-state index in [2.05, 4.69) is 22.0 Å². The Bertz CT molecular complexity index is 1520. The van der Waals surface area contributed by atoms with E-state index in [4.69, 9.17) is 14.9 Å². The van der Waals surface area contributed by atoms with Crippen LogP contribution in [0.5, 0.6) is 11.5 Å². The molecule has 4 aromatic rings. The van der Waals surface area contributed by atoms with Crippen molar-refractivity contribution in [3.63, 3.8) is 0 Å². The molecule has 0 saturated carbocycles. The van der Waals surface area contributed by atoms with Crippen molar-refractivity contribution in [1.29, 1.82) is 5.26 Å². The maximum Gasteiger partial charge on any atom is 0.205 e. The second-order valence-corrected chi connectivity index (χ2v) is 8.15. The molecule has 1 unspecified atom stereocenters. The van der Waals surface area contributed by atoms with Crippen molar-refractivity contribution < 1.29 is 14.3 Å². The molecule has 1 aliphatic rings. The van der Waals surface area contributed by atoms with E-state index < -0.39 is 11.3 Å². The van der Waals surface area contributed by atoms with E-state index in [-0.39, 0.29) is 39.5 Å². The first kappa shape index (κ1) is 19.9. The summed E-state index contributed by atoms with van der Waals surface area (Å²) in [6.07, 6.45) is 0. The lowest BCUT2D eigenvalue weighted by Crippen LogP contribution is -2.22. The zero-order valence-electron chi connectivity index (χ0n) is 16.5. The highest BCUT2D eigenvalue weighted by molar-refractivity contribution is 9.10. The fourth-order valence-corrected chi connectivity index (χ4v) is 4.52. The largest absolute Gasteiger partial charge is 0.507 e. The van der Waals surface area contributed by atoms with Crippen LogP contribution in [-0.2, 0) is 0 Å². The number of benzene rings is 3. The summed E-state index contributed by atoms with van der Waals surface area (Å²) in [4.78, 5) is 13.0. The maximum atomic E-state index is 13.0. The number of nitriles is 1. The van der Waals surface area contributed by atoms with Crippen LogP contribution in [0.1, 0.15) is 17.0 Å². The average molecular weight is 487 g/mol. The molecule has 5 rings (SSSR count). The topological polar surface area (TPSA) is 109 Å². The number of nitrogens with zero attached hydrogens (tertiary/aromatic N) is 1. The third-order valence-electron chi connectivity index (χ3n) is 5.45. The molecule has 0 fully saturated rings. The molecule has 0 aliphatic carbocycles. The van der Waals surface area contributed by atoms with E-state index in [0.29, 0.717) is 11.3 Å². The minimum absolute atomic E-state index is 0.0156. The molecule has 0 amide bonds. The van der Waals surface area contributed by atoms with Crippen LogP contribution < -0.4 is 15.9 Å². The molecule has 2 heterocycles. The number of nitrogens with two attached hydrogens (primary N) is 1. The Morgan fingerprint density at radius 2 is 1.78 bits per heavy atom. The van der Waals surface area contributed by atoms with Gasteiger partial charge >= 0.3 is 0 Å². The number of allylic oxidation sites excluding steroid dienone is 1. The summed E-state index contributed by atoms with van der Waals surface area (Å²) in [5, 5.41) is 21.0. The van der Waals surface area contributed by atoms with Gasteiger partial charge in [0.2, 0.25) is 5.88 Å². The molecule has 0 bridgehead atoms. The van der Waals surface area contributed by atoms with Gasteiger partial charge in [-0.15, -0.1) is 0 Å². The lowest BCUT2D eigenvalue weighted by Gasteiger charge is -2.28. The third-order valence-corrected chi connectivity index (χ3v) is 6.17. The van der Waals surface area contributed by atoms with Crippen LogP contribution in [0.4, 0.5) is 0 Å². The summed E-state index contributed by atoms with van der Waals surface area (Å²) in [6, 6.07) is 21.4. The average Bonchev–Trinajstić information content (AvgIpc) is 2.79. The summed E-state index contributed by atoms with van der Waals surface area (Å²) >= 11 is 3.51. The van der Waals surface area contributed by atoms with Crippen molar-refractivity contribution in [2.75, 3.05) is 0 Å². The van der Waals surface area contributed by atoms with Gasteiger partial charge in [0.1, 0.15) is 39.9 Å². The Hall–Kier alpha value is -4.02.